The first-order valence-corrected chi connectivity index (χ1v) is 13.0. The van der Waals surface area contributed by atoms with E-state index in [1.807, 2.05) is 0 Å². The molecule has 0 aromatic carbocycles. The van der Waals surface area contributed by atoms with Gasteiger partial charge in [-0.25, -0.2) is 0 Å². The number of carbonyl (C=O) groups excluding carboxylic acids is 1. The van der Waals surface area contributed by atoms with Crippen LogP contribution in [-0.2, 0) is 24.4 Å². The summed E-state index contributed by atoms with van der Waals surface area (Å²) in [6.45, 7) is 4.40. The van der Waals surface area contributed by atoms with Gasteiger partial charge < -0.3 is 9.84 Å². The summed E-state index contributed by atoms with van der Waals surface area (Å²) >= 11 is 1.37. The normalized spacial score (nSPS) is 12.0. The molecule has 7 nitrogen and oxygen atoms in total. The summed E-state index contributed by atoms with van der Waals surface area (Å²) in [6, 6.07) is 0. The Bertz CT molecular complexity index is 480. The summed E-state index contributed by atoms with van der Waals surface area (Å²) in [7, 11) is -4.78. The predicted octanol–water partition coefficient (Wildman–Crippen LogP) is 3.77. The molecule has 0 aliphatic carbocycles. The van der Waals surface area contributed by atoms with Crippen molar-refractivity contribution in [3.8, 4) is 0 Å². The Balaban J connectivity index is 0. The number of unbranched alkanes of at least 4 members (excludes halogenated alkanes) is 9. The summed E-state index contributed by atoms with van der Waals surface area (Å²) in [6.07, 6.45) is 10.1. The molecule has 0 amide bonds. The average Bonchev–Trinajstić information content (AvgIpc) is 2.57. The van der Waals surface area contributed by atoms with Crippen LogP contribution in [0.1, 0.15) is 84.5 Å². The number of esters is 1. The van der Waals surface area contributed by atoms with E-state index in [4.69, 9.17) is 14.4 Å². The van der Waals surface area contributed by atoms with E-state index in [0.717, 1.165) is 19.3 Å². The third-order valence-electron chi connectivity index (χ3n) is 3.72. The van der Waals surface area contributed by atoms with Crippen molar-refractivity contribution < 1.29 is 32.4 Å². The molecule has 0 radical (unpaired) electrons. The molecule has 0 bridgehead atoms. The molecular weight excluding hydrogens is 383 g/mol. The molecule has 0 aliphatic heterocycles. The number of aliphatic carboxylic acids is 1. The Hall–Kier alpha value is -0.150. The van der Waals surface area contributed by atoms with Crippen LogP contribution in [0.3, 0.4) is 0 Å². The van der Waals surface area contributed by atoms with Gasteiger partial charge in [0.1, 0.15) is 0 Å². The van der Waals surface area contributed by atoms with Crippen LogP contribution in [-0.4, -0.2) is 69.8 Å². The Morgan fingerprint density at radius 1 is 0.926 bits per heavy atom. The van der Waals surface area contributed by atoms with Crippen molar-refractivity contribution in [2.45, 2.75) is 93.4 Å². The molecule has 0 fully saturated rings. The van der Waals surface area contributed by atoms with Crippen molar-refractivity contribution in [2.75, 3.05) is 6.61 Å². The fourth-order valence-electron chi connectivity index (χ4n) is 2.32. The summed E-state index contributed by atoms with van der Waals surface area (Å²) < 4.78 is 37.0. The molecule has 0 saturated carbocycles. The van der Waals surface area contributed by atoms with Crippen LogP contribution in [0.4, 0.5) is 0 Å². The molecular formula is C18H35NaO7S. The van der Waals surface area contributed by atoms with Crippen LogP contribution in [0.15, 0.2) is 0 Å². The SMILES string of the molecule is CCCCCCCCCCCCOC(=O)C(CC(=O)O)S(=O)(=O)O.C[CH2][Na]. The van der Waals surface area contributed by atoms with Crippen molar-refractivity contribution in [1.82, 2.24) is 0 Å². The maximum absolute atomic E-state index is 11.6. The zero-order valence-corrected chi connectivity index (χ0v) is 19.9. The van der Waals surface area contributed by atoms with Gasteiger partial charge in [0.2, 0.25) is 0 Å². The fourth-order valence-corrected chi connectivity index (χ4v) is 2.99. The van der Waals surface area contributed by atoms with Gasteiger partial charge in [-0.15, -0.1) is 0 Å². The standard InChI is InChI=1S/C16H30O7S.C2H5.Na/c1-2-3-4-5-6-7-8-9-10-11-12-23-16(19)14(13-15(17)18)24(20,21)22;1-2;/h14H,2-13H2,1H3,(H,17,18)(H,20,21,22);1H2,2H3;. The summed E-state index contributed by atoms with van der Waals surface area (Å²) in [5.74, 6) is -2.70. The first kappa shape index (κ1) is 29.1. The molecule has 0 spiro atoms. The quantitative estimate of drug-likeness (QED) is 0.180. The minimum atomic E-state index is -4.78. The fraction of sp³-hybridized carbons (Fsp3) is 0.889. The maximum atomic E-state index is 11.6. The van der Waals surface area contributed by atoms with E-state index >= 15 is 0 Å². The molecule has 0 heterocycles. The number of carboxylic acids is 1. The van der Waals surface area contributed by atoms with Gasteiger partial charge in [-0.3, -0.25) is 14.1 Å². The van der Waals surface area contributed by atoms with Crippen molar-refractivity contribution in [3.63, 3.8) is 0 Å². The Morgan fingerprint density at radius 3 is 1.70 bits per heavy atom. The molecule has 1 atom stereocenters. The van der Waals surface area contributed by atoms with Crippen LogP contribution in [0.5, 0.6) is 0 Å². The monoisotopic (exact) mass is 418 g/mol. The van der Waals surface area contributed by atoms with Gasteiger partial charge >= 0.3 is 50.5 Å². The van der Waals surface area contributed by atoms with E-state index in [-0.39, 0.29) is 6.61 Å². The van der Waals surface area contributed by atoms with Gasteiger partial charge in [-0.2, -0.15) is 8.42 Å². The Kier molecular flexibility index (Phi) is 20.6. The second-order valence-electron chi connectivity index (χ2n) is 6.66. The van der Waals surface area contributed by atoms with Gasteiger partial charge in [0.25, 0.3) is 10.1 Å². The van der Waals surface area contributed by atoms with Crippen LogP contribution in [0.2, 0.25) is 3.67 Å². The van der Waals surface area contributed by atoms with Crippen LogP contribution >= 0.6 is 0 Å². The van der Waals surface area contributed by atoms with E-state index < -0.39 is 33.7 Å². The first-order valence-electron chi connectivity index (χ1n) is 10.0. The molecule has 156 valence electrons. The van der Waals surface area contributed by atoms with Crippen LogP contribution < -0.4 is 0 Å². The predicted molar refractivity (Wildman–Crippen MR) is 107 cm³/mol. The van der Waals surface area contributed by atoms with Gasteiger partial charge in [-0.05, 0) is 6.42 Å². The van der Waals surface area contributed by atoms with Gasteiger partial charge in [0.15, 0.2) is 5.25 Å². The van der Waals surface area contributed by atoms with Crippen molar-refractivity contribution in [1.29, 1.82) is 0 Å². The van der Waals surface area contributed by atoms with Crippen molar-refractivity contribution >= 4 is 50.0 Å². The van der Waals surface area contributed by atoms with E-state index in [1.165, 1.54) is 70.1 Å². The number of ether oxygens (including phenoxy) is 1. The second-order valence-corrected chi connectivity index (χ2v) is 9.67. The molecule has 9 heteroatoms. The van der Waals surface area contributed by atoms with E-state index in [9.17, 15) is 18.0 Å². The number of hydrogen-bond donors (Lipinski definition) is 2. The zero-order valence-electron chi connectivity index (χ0n) is 17.1. The molecule has 27 heavy (non-hydrogen) atoms. The molecule has 1 unspecified atom stereocenters. The molecule has 0 saturated heterocycles. The Morgan fingerprint density at radius 2 is 1.33 bits per heavy atom. The third kappa shape index (κ3) is 20.4. The van der Waals surface area contributed by atoms with Crippen LogP contribution in [0.25, 0.3) is 0 Å². The minimum absolute atomic E-state index is 0.0287. The van der Waals surface area contributed by atoms with Crippen LogP contribution in [0, 0.1) is 0 Å². The van der Waals surface area contributed by atoms with Gasteiger partial charge in [-0.1, -0.05) is 64.7 Å². The third-order valence-corrected chi connectivity index (χ3v) is 4.80. The second kappa shape index (κ2) is 19.2. The number of carbonyl (C=O) groups is 2. The first-order chi connectivity index (χ1) is 12.7. The average molecular weight is 419 g/mol. The topological polar surface area (TPSA) is 118 Å². The number of rotatable bonds is 15. The molecule has 0 rings (SSSR count). The molecule has 0 aromatic rings. The van der Waals surface area contributed by atoms with E-state index in [2.05, 4.69) is 13.8 Å². The summed E-state index contributed by atoms with van der Waals surface area (Å²) in [4.78, 5) is 22.1. The molecule has 2 N–H and O–H groups in total. The van der Waals surface area contributed by atoms with Gasteiger partial charge in [0.05, 0.1) is 13.0 Å². The van der Waals surface area contributed by atoms with Crippen molar-refractivity contribution in [2.24, 2.45) is 0 Å². The number of carboxylic acid groups (broad SMARTS) is 1. The zero-order chi connectivity index (χ0) is 21.1. The van der Waals surface area contributed by atoms with Crippen molar-refractivity contribution in [3.05, 3.63) is 0 Å². The summed E-state index contributed by atoms with van der Waals surface area (Å²) in [5, 5.41) is 6.52. The molecule has 0 aliphatic rings. The van der Waals surface area contributed by atoms with E-state index in [0.29, 0.717) is 6.42 Å². The summed E-state index contributed by atoms with van der Waals surface area (Å²) in [5.41, 5.74) is 0. The molecule has 0 aromatic heterocycles. The number of hydrogen-bond acceptors (Lipinski definition) is 5. The van der Waals surface area contributed by atoms with E-state index in [1.54, 1.807) is 0 Å². The Labute approximate surface area is 181 Å². The van der Waals surface area contributed by atoms with Gasteiger partial charge in [0, 0.05) is 0 Å².